The Kier molecular flexibility index (Phi) is 4.61. The van der Waals surface area contributed by atoms with Gasteiger partial charge in [0.05, 0.1) is 5.69 Å². The third-order valence-electron chi connectivity index (χ3n) is 2.71. The zero-order chi connectivity index (χ0) is 11.4. The second kappa shape index (κ2) is 5.52. The van der Waals surface area contributed by atoms with Crippen molar-refractivity contribution in [2.24, 2.45) is 13.0 Å². The molecule has 15 heavy (non-hydrogen) atoms. The van der Waals surface area contributed by atoms with Crippen LogP contribution in [0.25, 0.3) is 0 Å². The highest BCUT2D eigenvalue weighted by atomic mass is 35.5. The van der Waals surface area contributed by atoms with Crippen LogP contribution in [0.4, 0.5) is 0 Å². The van der Waals surface area contributed by atoms with Crippen molar-refractivity contribution in [1.82, 2.24) is 15.1 Å². The minimum absolute atomic E-state index is 0.637. The number of rotatable bonds is 5. The van der Waals surface area contributed by atoms with Gasteiger partial charge in [0.15, 0.2) is 0 Å². The van der Waals surface area contributed by atoms with Gasteiger partial charge in [-0.25, -0.2) is 0 Å². The molecule has 0 aliphatic rings. The van der Waals surface area contributed by atoms with Gasteiger partial charge in [-0.3, -0.25) is 4.68 Å². The van der Waals surface area contributed by atoms with E-state index < -0.39 is 0 Å². The van der Waals surface area contributed by atoms with Gasteiger partial charge in [-0.1, -0.05) is 18.5 Å². The number of halogens is 1. The summed E-state index contributed by atoms with van der Waals surface area (Å²) >= 11 is 6.18. The molecule has 1 aromatic rings. The molecule has 1 atom stereocenters. The zero-order valence-corrected chi connectivity index (χ0v) is 10.7. The van der Waals surface area contributed by atoms with E-state index in [1.54, 1.807) is 4.68 Å². The Morgan fingerprint density at radius 1 is 1.53 bits per heavy atom. The molecule has 1 N–H and O–H groups in total. The van der Waals surface area contributed by atoms with E-state index in [-0.39, 0.29) is 0 Å². The summed E-state index contributed by atoms with van der Waals surface area (Å²) in [5, 5.41) is 8.26. The van der Waals surface area contributed by atoms with Gasteiger partial charge in [0, 0.05) is 12.6 Å². The van der Waals surface area contributed by atoms with Gasteiger partial charge in [-0.15, -0.1) is 0 Å². The minimum atomic E-state index is 0.637. The fourth-order valence-corrected chi connectivity index (χ4v) is 2.00. The van der Waals surface area contributed by atoms with Gasteiger partial charge >= 0.3 is 0 Å². The highest BCUT2D eigenvalue weighted by molar-refractivity contribution is 6.30. The molecule has 0 aliphatic carbocycles. The molecular formula is C11H20ClN3. The Bertz CT molecular complexity index is 320. The Morgan fingerprint density at radius 3 is 2.67 bits per heavy atom. The monoisotopic (exact) mass is 229 g/mol. The standard InChI is InChI=1S/C11H20ClN3/c1-8(5-6-13-3)7-10-9(2)14-15(4)11(10)12/h8,13H,5-7H2,1-4H3. The third kappa shape index (κ3) is 3.21. The molecule has 4 heteroatoms. The van der Waals surface area contributed by atoms with Crippen molar-refractivity contribution >= 4 is 11.6 Å². The quantitative estimate of drug-likeness (QED) is 0.839. The number of nitrogens with one attached hydrogen (secondary N) is 1. The van der Waals surface area contributed by atoms with E-state index in [0.717, 1.165) is 23.8 Å². The summed E-state index contributed by atoms with van der Waals surface area (Å²) in [5.74, 6) is 0.637. The summed E-state index contributed by atoms with van der Waals surface area (Å²) in [6.45, 7) is 5.32. The lowest BCUT2D eigenvalue weighted by Crippen LogP contribution is -2.13. The Morgan fingerprint density at radius 2 is 2.20 bits per heavy atom. The summed E-state index contributed by atoms with van der Waals surface area (Å²) in [6, 6.07) is 0. The summed E-state index contributed by atoms with van der Waals surface area (Å²) in [6.07, 6.45) is 2.18. The molecule has 1 heterocycles. The fourth-order valence-electron chi connectivity index (χ4n) is 1.75. The predicted octanol–water partition coefficient (Wildman–Crippen LogP) is 2.17. The normalized spacial score (nSPS) is 13.1. The number of aromatic nitrogens is 2. The molecule has 0 aromatic carbocycles. The predicted molar refractivity (Wildman–Crippen MR) is 64.4 cm³/mol. The molecule has 0 aliphatic heterocycles. The van der Waals surface area contributed by atoms with Crippen molar-refractivity contribution in [3.8, 4) is 0 Å². The van der Waals surface area contributed by atoms with Crippen molar-refractivity contribution < 1.29 is 0 Å². The lowest BCUT2D eigenvalue weighted by molar-refractivity contribution is 0.514. The highest BCUT2D eigenvalue weighted by Crippen LogP contribution is 2.22. The van der Waals surface area contributed by atoms with Crippen LogP contribution in [0.1, 0.15) is 24.6 Å². The molecule has 0 bridgehead atoms. The van der Waals surface area contributed by atoms with Crippen molar-refractivity contribution in [1.29, 1.82) is 0 Å². The van der Waals surface area contributed by atoms with Gasteiger partial charge < -0.3 is 5.32 Å². The van der Waals surface area contributed by atoms with E-state index in [4.69, 9.17) is 11.6 Å². The first kappa shape index (κ1) is 12.5. The van der Waals surface area contributed by atoms with Crippen LogP contribution in [-0.2, 0) is 13.5 Å². The van der Waals surface area contributed by atoms with E-state index in [2.05, 4.69) is 17.3 Å². The van der Waals surface area contributed by atoms with Crippen LogP contribution in [0.2, 0.25) is 5.15 Å². The molecule has 0 fully saturated rings. The molecule has 0 spiro atoms. The molecule has 0 saturated heterocycles. The van der Waals surface area contributed by atoms with Gasteiger partial charge in [0.1, 0.15) is 5.15 Å². The average Bonchev–Trinajstić information content (AvgIpc) is 2.42. The van der Waals surface area contributed by atoms with Gasteiger partial charge in [0.2, 0.25) is 0 Å². The van der Waals surface area contributed by atoms with Crippen molar-refractivity contribution in [2.75, 3.05) is 13.6 Å². The van der Waals surface area contributed by atoms with Crippen LogP contribution < -0.4 is 5.32 Å². The molecule has 1 aromatic heterocycles. The fraction of sp³-hybridized carbons (Fsp3) is 0.727. The Balaban J connectivity index is 2.63. The second-order valence-corrected chi connectivity index (χ2v) is 4.54. The van der Waals surface area contributed by atoms with E-state index in [0.29, 0.717) is 5.92 Å². The maximum Gasteiger partial charge on any atom is 0.130 e. The largest absolute Gasteiger partial charge is 0.320 e. The lowest BCUT2D eigenvalue weighted by atomic mass is 9.99. The topological polar surface area (TPSA) is 29.9 Å². The van der Waals surface area contributed by atoms with Crippen LogP contribution >= 0.6 is 11.6 Å². The van der Waals surface area contributed by atoms with Crippen LogP contribution in [0, 0.1) is 12.8 Å². The SMILES string of the molecule is CNCCC(C)Cc1c(C)nn(C)c1Cl. The van der Waals surface area contributed by atoms with Crippen LogP contribution in [0.5, 0.6) is 0 Å². The molecule has 86 valence electrons. The number of hydrogen-bond donors (Lipinski definition) is 1. The van der Waals surface area contributed by atoms with Crippen molar-refractivity contribution in [3.05, 3.63) is 16.4 Å². The van der Waals surface area contributed by atoms with Gasteiger partial charge in [-0.05, 0) is 39.3 Å². The number of aryl methyl sites for hydroxylation is 2. The highest BCUT2D eigenvalue weighted by Gasteiger charge is 2.13. The van der Waals surface area contributed by atoms with Crippen LogP contribution in [0.15, 0.2) is 0 Å². The van der Waals surface area contributed by atoms with Crippen molar-refractivity contribution in [3.63, 3.8) is 0 Å². The summed E-state index contributed by atoms with van der Waals surface area (Å²) < 4.78 is 1.75. The third-order valence-corrected chi connectivity index (χ3v) is 3.18. The van der Waals surface area contributed by atoms with Crippen molar-refractivity contribution in [2.45, 2.75) is 26.7 Å². The van der Waals surface area contributed by atoms with E-state index in [1.807, 2.05) is 21.0 Å². The Hall–Kier alpha value is -0.540. The molecule has 0 radical (unpaired) electrons. The number of nitrogens with zero attached hydrogens (tertiary/aromatic N) is 2. The summed E-state index contributed by atoms with van der Waals surface area (Å²) in [4.78, 5) is 0. The van der Waals surface area contributed by atoms with Gasteiger partial charge in [-0.2, -0.15) is 5.10 Å². The second-order valence-electron chi connectivity index (χ2n) is 4.18. The lowest BCUT2D eigenvalue weighted by Gasteiger charge is -2.10. The molecular weight excluding hydrogens is 210 g/mol. The smallest absolute Gasteiger partial charge is 0.130 e. The molecule has 0 saturated carbocycles. The first-order chi connectivity index (χ1) is 7.06. The average molecular weight is 230 g/mol. The maximum absolute atomic E-state index is 6.18. The molecule has 1 rings (SSSR count). The summed E-state index contributed by atoms with van der Waals surface area (Å²) in [5.41, 5.74) is 2.25. The van der Waals surface area contributed by atoms with Gasteiger partial charge in [0.25, 0.3) is 0 Å². The Labute approximate surface area is 96.8 Å². The molecule has 1 unspecified atom stereocenters. The molecule has 3 nitrogen and oxygen atoms in total. The van der Waals surface area contributed by atoms with E-state index >= 15 is 0 Å². The first-order valence-corrected chi connectivity index (χ1v) is 5.76. The number of hydrogen-bond acceptors (Lipinski definition) is 2. The summed E-state index contributed by atoms with van der Waals surface area (Å²) in [7, 11) is 3.87. The molecule has 0 amide bonds. The minimum Gasteiger partial charge on any atom is -0.320 e. The first-order valence-electron chi connectivity index (χ1n) is 5.38. The van der Waals surface area contributed by atoms with E-state index in [1.165, 1.54) is 12.0 Å². The zero-order valence-electron chi connectivity index (χ0n) is 9.97. The maximum atomic E-state index is 6.18. The van der Waals surface area contributed by atoms with E-state index in [9.17, 15) is 0 Å². The van der Waals surface area contributed by atoms with Crippen LogP contribution in [0.3, 0.4) is 0 Å². The van der Waals surface area contributed by atoms with Crippen LogP contribution in [-0.4, -0.2) is 23.4 Å².